The van der Waals surface area contributed by atoms with E-state index in [2.05, 4.69) is 0 Å². The second kappa shape index (κ2) is 8.14. The molecule has 0 bridgehead atoms. The Morgan fingerprint density at radius 1 is 1.21 bits per heavy atom. The average molecular weight is 398 g/mol. The number of hydrogen-bond acceptors (Lipinski definition) is 8. The lowest BCUT2D eigenvalue weighted by molar-refractivity contribution is -0.170. The Hall–Kier alpha value is -1.42. The van der Waals surface area contributed by atoms with E-state index in [0.717, 1.165) is 0 Å². The minimum atomic E-state index is -1.92. The molecule has 8 heteroatoms. The van der Waals surface area contributed by atoms with Crippen molar-refractivity contribution in [3.05, 3.63) is 23.8 Å². The highest BCUT2D eigenvalue weighted by Crippen LogP contribution is 2.49. The zero-order valence-corrected chi connectivity index (χ0v) is 16.2. The largest absolute Gasteiger partial charge is 0.504 e. The van der Waals surface area contributed by atoms with Crippen molar-refractivity contribution < 1.29 is 39.7 Å². The highest BCUT2D eigenvalue weighted by atomic mass is 16.5. The molecule has 0 amide bonds. The molecule has 3 rings (SSSR count). The van der Waals surface area contributed by atoms with Crippen molar-refractivity contribution in [1.29, 1.82) is 0 Å². The Balaban J connectivity index is 1.83. The van der Waals surface area contributed by atoms with E-state index in [4.69, 9.17) is 14.2 Å². The number of phenols is 1. The molecule has 158 valence electrons. The topological polar surface area (TPSA) is 129 Å². The Labute approximate surface area is 164 Å². The number of aliphatic hydroxyl groups is 4. The molecule has 5 N–H and O–H groups in total. The van der Waals surface area contributed by atoms with E-state index in [1.165, 1.54) is 19.2 Å². The maximum atomic E-state index is 11.3. The van der Waals surface area contributed by atoms with Crippen LogP contribution in [-0.4, -0.2) is 76.4 Å². The van der Waals surface area contributed by atoms with Crippen molar-refractivity contribution in [3.63, 3.8) is 0 Å². The number of aromatic hydroxyl groups is 1. The van der Waals surface area contributed by atoms with Crippen molar-refractivity contribution in [2.24, 2.45) is 5.92 Å². The number of rotatable bonds is 6. The maximum Gasteiger partial charge on any atom is 0.160 e. The van der Waals surface area contributed by atoms with Crippen LogP contribution in [0.2, 0.25) is 0 Å². The van der Waals surface area contributed by atoms with Gasteiger partial charge in [0.15, 0.2) is 11.5 Å². The quantitative estimate of drug-likeness (QED) is 0.468. The van der Waals surface area contributed by atoms with Crippen molar-refractivity contribution in [2.75, 3.05) is 27.4 Å². The van der Waals surface area contributed by atoms with Gasteiger partial charge < -0.3 is 39.7 Å². The number of phenolic OH excluding ortho intramolecular Hbond substituents is 1. The summed E-state index contributed by atoms with van der Waals surface area (Å²) in [4.78, 5) is 0. The van der Waals surface area contributed by atoms with Gasteiger partial charge >= 0.3 is 0 Å². The van der Waals surface area contributed by atoms with Gasteiger partial charge in [0.25, 0.3) is 0 Å². The van der Waals surface area contributed by atoms with Crippen LogP contribution >= 0.6 is 0 Å². The van der Waals surface area contributed by atoms with E-state index in [-0.39, 0.29) is 36.5 Å². The first kappa shape index (κ1) is 21.3. The fourth-order valence-electron chi connectivity index (χ4n) is 4.54. The van der Waals surface area contributed by atoms with Crippen molar-refractivity contribution in [2.45, 2.75) is 55.2 Å². The predicted molar refractivity (Wildman–Crippen MR) is 99.1 cm³/mol. The lowest BCUT2D eigenvalue weighted by atomic mass is 9.71. The highest BCUT2D eigenvalue weighted by Gasteiger charge is 2.61. The van der Waals surface area contributed by atoms with Crippen LogP contribution in [0.25, 0.3) is 0 Å². The van der Waals surface area contributed by atoms with Gasteiger partial charge in [0.2, 0.25) is 0 Å². The molecule has 1 aromatic rings. The van der Waals surface area contributed by atoms with Gasteiger partial charge in [-0.3, -0.25) is 0 Å². The van der Waals surface area contributed by atoms with Gasteiger partial charge in [0, 0.05) is 7.11 Å². The van der Waals surface area contributed by atoms with Gasteiger partial charge in [-0.1, -0.05) is 6.07 Å². The summed E-state index contributed by atoms with van der Waals surface area (Å²) < 4.78 is 16.2. The third-order valence-electron chi connectivity index (χ3n) is 6.27. The summed E-state index contributed by atoms with van der Waals surface area (Å²) in [6.07, 6.45) is 0.165. The molecule has 0 spiro atoms. The fraction of sp³-hybridized carbons (Fsp3) is 0.700. The molecule has 1 heterocycles. The second-order valence-corrected chi connectivity index (χ2v) is 7.96. The van der Waals surface area contributed by atoms with E-state index in [1.54, 1.807) is 13.2 Å². The lowest BCUT2D eigenvalue weighted by Crippen LogP contribution is -2.58. The highest BCUT2D eigenvalue weighted by molar-refractivity contribution is 5.43. The summed E-state index contributed by atoms with van der Waals surface area (Å²) in [6, 6.07) is 4.50. The van der Waals surface area contributed by atoms with Crippen LogP contribution in [0.3, 0.4) is 0 Å². The van der Waals surface area contributed by atoms with Gasteiger partial charge in [-0.25, -0.2) is 0 Å². The number of benzene rings is 1. The van der Waals surface area contributed by atoms with Crippen molar-refractivity contribution in [3.8, 4) is 11.5 Å². The smallest absolute Gasteiger partial charge is 0.160 e. The van der Waals surface area contributed by atoms with E-state index in [9.17, 15) is 25.5 Å². The van der Waals surface area contributed by atoms with Gasteiger partial charge in [-0.15, -0.1) is 0 Å². The standard InChI is InChI=1S/C20H30O8/c1-26-16-7-12(3-5-14(16)22)9-19(24)11-28-18(20(19,25)10-21)13-4-6-15(23)17(8-13)27-2/h4,6,8,12,14,16,18,21-25H,3,5,7,9-11H2,1-2H3/t12-,14+,16+,18-,19+,20-/m0/s1. The van der Waals surface area contributed by atoms with Crippen LogP contribution in [0.15, 0.2) is 18.2 Å². The minimum absolute atomic E-state index is 0.00753. The molecule has 8 nitrogen and oxygen atoms in total. The Morgan fingerprint density at radius 2 is 1.96 bits per heavy atom. The van der Waals surface area contributed by atoms with Gasteiger partial charge in [-0.2, -0.15) is 0 Å². The summed E-state index contributed by atoms with van der Waals surface area (Å²) in [7, 11) is 2.95. The third kappa shape index (κ3) is 3.60. The second-order valence-electron chi connectivity index (χ2n) is 7.96. The summed E-state index contributed by atoms with van der Waals surface area (Å²) in [5, 5.41) is 52.3. The molecule has 1 aromatic carbocycles. The summed E-state index contributed by atoms with van der Waals surface area (Å²) in [6.45, 7) is -0.838. The molecule has 0 radical (unpaired) electrons. The van der Waals surface area contributed by atoms with Crippen LogP contribution < -0.4 is 4.74 Å². The van der Waals surface area contributed by atoms with E-state index >= 15 is 0 Å². The molecule has 0 aromatic heterocycles. The first-order valence-electron chi connectivity index (χ1n) is 9.53. The van der Waals surface area contributed by atoms with Crippen LogP contribution in [-0.2, 0) is 9.47 Å². The van der Waals surface area contributed by atoms with Gasteiger partial charge in [0.1, 0.15) is 17.3 Å². The van der Waals surface area contributed by atoms with Gasteiger partial charge in [-0.05, 0) is 49.3 Å². The zero-order chi connectivity index (χ0) is 20.5. The molecule has 1 saturated heterocycles. The monoisotopic (exact) mass is 398 g/mol. The molecule has 0 unspecified atom stereocenters. The zero-order valence-electron chi connectivity index (χ0n) is 16.2. The Bertz CT molecular complexity index is 682. The van der Waals surface area contributed by atoms with Crippen LogP contribution in [0, 0.1) is 5.92 Å². The molecule has 1 aliphatic carbocycles. The molecule has 2 aliphatic rings. The van der Waals surface area contributed by atoms with Crippen LogP contribution in [0.4, 0.5) is 0 Å². The predicted octanol–water partition coefficient (Wildman–Crippen LogP) is 0.493. The maximum absolute atomic E-state index is 11.3. The molecule has 2 fully saturated rings. The fourth-order valence-corrected chi connectivity index (χ4v) is 4.54. The summed E-state index contributed by atoms with van der Waals surface area (Å²) >= 11 is 0. The van der Waals surface area contributed by atoms with E-state index in [1.807, 2.05) is 0 Å². The molecular weight excluding hydrogens is 368 g/mol. The Kier molecular flexibility index (Phi) is 6.19. The summed E-state index contributed by atoms with van der Waals surface area (Å²) in [5.41, 5.74) is -3.10. The van der Waals surface area contributed by atoms with Gasteiger partial charge in [0.05, 0.1) is 32.5 Å². The Morgan fingerprint density at radius 3 is 2.61 bits per heavy atom. The number of hydrogen-bond donors (Lipinski definition) is 5. The van der Waals surface area contributed by atoms with Crippen LogP contribution in [0.1, 0.15) is 37.4 Å². The van der Waals surface area contributed by atoms with Crippen molar-refractivity contribution in [1.82, 2.24) is 0 Å². The van der Waals surface area contributed by atoms with Crippen molar-refractivity contribution >= 4 is 0 Å². The van der Waals surface area contributed by atoms with E-state index < -0.39 is 30.0 Å². The number of aliphatic hydroxyl groups excluding tert-OH is 2. The lowest BCUT2D eigenvalue weighted by Gasteiger charge is -2.42. The SMILES string of the molecule is COc1cc([C@@H]2OC[C@](O)(C[C@H]3CC[C@@H](O)[C@H](OC)C3)[C@]2(O)CO)ccc1O. The molecule has 6 atom stereocenters. The normalized spacial score (nSPS) is 38.5. The third-order valence-corrected chi connectivity index (χ3v) is 6.27. The molecule has 1 saturated carbocycles. The molecular formula is C20H30O8. The first-order chi connectivity index (χ1) is 13.3. The number of ether oxygens (including phenoxy) is 3. The molecule has 28 heavy (non-hydrogen) atoms. The number of methoxy groups -OCH3 is 2. The average Bonchev–Trinajstić information content (AvgIpc) is 2.95. The first-order valence-corrected chi connectivity index (χ1v) is 9.53. The van der Waals surface area contributed by atoms with Crippen LogP contribution in [0.5, 0.6) is 11.5 Å². The minimum Gasteiger partial charge on any atom is -0.504 e. The summed E-state index contributed by atoms with van der Waals surface area (Å²) in [5.74, 6) is 0.160. The van der Waals surface area contributed by atoms with E-state index in [0.29, 0.717) is 24.8 Å². The molecule has 1 aliphatic heterocycles.